The van der Waals surface area contributed by atoms with Gasteiger partial charge in [-0.15, -0.1) is 0 Å². The van der Waals surface area contributed by atoms with Gasteiger partial charge in [-0.25, -0.2) is 9.59 Å². The summed E-state index contributed by atoms with van der Waals surface area (Å²) in [7, 11) is 2.19. The van der Waals surface area contributed by atoms with E-state index in [0.29, 0.717) is 57.4 Å². The summed E-state index contributed by atoms with van der Waals surface area (Å²) >= 11 is 0. The normalized spacial score (nSPS) is 20.7. The molecule has 2 N–H and O–H groups in total. The van der Waals surface area contributed by atoms with Crippen molar-refractivity contribution in [2.45, 2.75) is 70.4 Å². The summed E-state index contributed by atoms with van der Waals surface area (Å²) in [5.74, 6) is 1.19. The van der Waals surface area contributed by atoms with E-state index < -0.39 is 12.2 Å². The maximum Gasteiger partial charge on any atom is 0.410 e. The second kappa shape index (κ2) is 14.8. The third kappa shape index (κ3) is 7.52. The first-order valence-electron chi connectivity index (χ1n) is 18.4. The van der Waals surface area contributed by atoms with Gasteiger partial charge in [0.1, 0.15) is 0 Å². The number of rotatable bonds is 6. The number of aromatic nitrogens is 1. The number of hydrogen-bond acceptors (Lipinski definition) is 6. The van der Waals surface area contributed by atoms with Gasteiger partial charge in [-0.1, -0.05) is 24.3 Å². The Bertz CT molecular complexity index is 1770. The monoisotopic (exact) mass is 682 g/mol. The minimum Gasteiger partial charge on any atom is -0.436 e. The van der Waals surface area contributed by atoms with Crippen LogP contribution >= 0.6 is 0 Å². The van der Waals surface area contributed by atoms with E-state index in [1.54, 1.807) is 11.0 Å². The topological polar surface area (TPSA) is 118 Å². The molecular weight excluding hydrogens is 632 g/mol. The number of benzene rings is 2. The highest BCUT2D eigenvalue weighted by atomic mass is 16.6. The number of aryl methyl sites for hydroxylation is 1. The highest BCUT2D eigenvalue weighted by Crippen LogP contribution is 2.33. The van der Waals surface area contributed by atoms with Crippen LogP contribution in [0, 0.1) is 18.8 Å². The van der Waals surface area contributed by atoms with E-state index in [4.69, 9.17) is 4.74 Å². The maximum absolute atomic E-state index is 14.2. The lowest BCUT2D eigenvalue weighted by molar-refractivity contribution is -0.142. The van der Waals surface area contributed by atoms with Gasteiger partial charge < -0.3 is 34.6 Å². The molecule has 266 valence electrons. The molecule has 0 bridgehead atoms. The number of aromatic amines is 1. The molecule has 4 amide bonds. The van der Waals surface area contributed by atoms with Crippen molar-refractivity contribution in [3.63, 3.8) is 0 Å². The Kier molecular flexibility index (Phi) is 10.1. The molecule has 3 saturated heterocycles. The highest BCUT2D eigenvalue weighted by Gasteiger charge is 2.37. The number of anilines is 1. The summed E-state index contributed by atoms with van der Waals surface area (Å²) in [6, 6.07) is 15.0. The zero-order valence-corrected chi connectivity index (χ0v) is 29.4. The van der Waals surface area contributed by atoms with E-state index in [1.807, 2.05) is 53.1 Å². The van der Waals surface area contributed by atoms with Crippen LogP contribution in [0.5, 0.6) is 0 Å². The Labute approximate surface area is 293 Å². The molecule has 3 aromatic rings. The lowest BCUT2D eigenvalue weighted by Gasteiger charge is -2.40. The van der Waals surface area contributed by atoms with E-state index in [-0.39, 0.29) is 30.0 Å². The number of urea groups is 1. The number of hydrogen-bond donors (Lipinski definition) is 2. The molecule has 0 unspecified atom stereocenters. The minimum absolute atomic E-state index is 0.0173. The van der Waals surface area contributed by atoms with Crippen LogP contribution in [-0.2, 0) is 22.4 Å². The number of piperidine rings is 3. The number of para-hydroxylation sites is 1. The SMILES string of the molecule is Cc1cc(C[C@@H](OC(=O)N2CCC(N3CCc4ccccc4NC3=O)CC2)C(=O)N2CCC(C3CCN(C)CC3)CC2)cc2ccc(=O)[nH]c12. The fourth-order valence-electron chi connectivity index (χ4n) is 8.62. The molecule has 4 aliphatic heterocycles. The van der Waals surface area contributed by atoms with Crippen molar-refractivity contribution in [1.82, 2.24) is 24.6 Å². The molecule has 5 heterocycles. The van der Waals surface area contributed by atoms with E-state index in [1.165, 1.54) is 18.9 Å². The molecule has 0 spiro atoms. The van der Waals surface area contributed by atoms with Crippen molar-refractivity contribution in [2.75, 3.05) is 58.2 Å². The van der Waals surface area contributed by atoms with Crippen molar-refractivity contribution in [3.05, 3.63) is 75.6 Å². The zero-order valence-electron chi connectivity index (χ0n) is 29.4. The van der Waals surface area contributed by atoms with Crippen LogP contribution in [0.3, 0.4) is 0 Å². The van der Waals surface area contributed by atoms with Crippen molar-refractivity contribution < 1.29 is 19.1 Å². The van der Waals surface area contributed by atoms with Crippen molar-refractivity contribution >= 4 is 34.6 Å². The van der Waals surface area contributed by atoms with Gasteiger partial charge in [0.2, 0.25) is 5.56 Å². The number of carbonyl (C=O) groups excluding carboxylic acids is 3. The van der Waals surface area contributed by atoms with Crippen LogP contribution in [-0.4, -0.2) is 108 Å². The van der Waals surface area contributed by atoms with Gasteiger partial charge in [-0.2, -0.15) is 0 Å². The van der Waals surface area contributed by atoms with Gasteiger partial charge in [0.25, 0.3) is 5.91 Å². The number of fused-ring (bicyclic) bond motifs is 2. The van der Waals surface area contributed by atoms with E-state index in [2.05, 4.69) is 22.2 Å². The summed E-state index contributed by atoms with van der Waals surface area (Å²) in [6.07, 6.45) is 5.25. The first kappa shape index (κ1) is 34.1. The Hall–Kier alpha value is -4.38. The van der Waals surface area contributed by atoms with Gasteiger partial charge >= 0.3 is 12.1 Å². The molecule has 1 atom stereocenters. The number of nitrogens with one attached hydrogen (secondary N) is 2. The molecule has 3 fully saturated rings. The molecule has 50 heavy (non-hydrogen) atoms. The molecule has 1 aromatic heterocycles. The number of H-pyrrole nitrogens is 1. The quantitative estimate of drug-likeness (QED) is 0.377. The summed E-state index contributed by atoms with van der Waals surface area (Å²) in [5.41, 5.74) is 4.36. The van der Waals surface area contributed by atoms with Gasteiger partial charge in [-0.3, -0.25) is 9.59 Å². The van der Waals surface area contributed by atoms with Crippen LogP contribution in [0.1, 0.15) is 55.2 Å². The lowest BCUT2D eigenvalue weighted by atomic mass is 9.79. The third-order valence-electron chi connectivity index (χ3n) is 11.6. The fraction of sp³-hybridized carbons (Fsp3) is 0.538. The first-order chi connectivity index (χ1) is 24.2. The lowest BCUT2D eigenvalue weighted by Crippen LogP contribution is -2.52. The summed E-state index contributed by atoms with van der Waals surface area (Å²) < 4.78 is 6.14. The average molecular weight is 683 g/mol. The Morgan fingerprint density at radius 2 is 1.52 bits per heavy atom. The largest absolute Gasteiger partial charge is 0.436 e. The molecule has 11 nitrogen and oxygen atoms in total. The number of carbonyl (C=O) groups is 3. The van der Waals surface area contributed by atoms with Gasteiger partial charge in [0.05, 0.1) is 5.52 Å². The van der Waals surface area contributed by atoms with Gasteiger partial charge in [-0.05, 0) is 124 Å². The van der Waals surface area contributed by atoms with E-state index in [0.717, 1.165) is 65.6 Å². The number of ether oxygens (including phenoxy) is 1. The van der Waals surface area contributed by atoms with E-state index >= 15 is 0 Å². The highest BCUT2D eigenvalue weighted by molar-refractivity contribution is 5.91. The number of nitrogens with zero attached hydrogens (tertiary/aromatic N) is 4. The van der Waals surface area contributed by atoms with Crippen LogP contribution < -0.4 is 10.9 Å². The molecule has 7 rings (SSSR count). The van der Waals surface area contributed by atoms with Gasteiger partial charge in [0, 0.05) is 56.9 Å². The Balaban J connectivity index is 1.02. The number of likely N-dealkylation sites (tertiary alicyclic amines) is 3. The first-order valence-corrected chi connectivity index (χ1v) is 18.4. The molecule has 0 aliphatic carbocycles. The predicted molar refractivity (Wildman–Crippen MR) is 193 cm³/mol. The molecule has 4 aliphatic rings. The summed E-state index contributed by atoms with van der Waals surface area (Å²) in [6.45, 7) is 7.09. The van der Waals surface area contributed by atoms with E-state index in [9.17, 15) is 19.2 Å². The molecular formula is C39H50N6O5. The zero-order chi connectivity index (χ0) is 34.8. The van der Waals surface area contributed by atoms with Crippen molar-refractivity contribution in [3.8, 4) is 0 Å². The molecule has 0 radical (unpaired) electrons. The summed E-state index contributed by atoms with van der Waals surface area (Å²) in [5, 5.41) is 3.93. The molecule has 11 heteroatoms. The second-order valence-electron chi connectivity index (χ2n) is 14.8. The van der Waals surface area contributed by atoms with Crippen LogP contribution in [0.2, 0.25) is 0 Å². The van der Waals surface area contributed by atoms with Crippen LogP contribution in [0.4, 0.5) is 15.3 Å². The third-order valence-corrected chi connectivity index (χ3v) is 11.6. The minimum atomic E-state index is -0.963. The summed E-state index contributed by atoms with van der Waals surface area (Å²) in [4.78, 5) is 63.8. The Morgan fingerprint density at radius 1 is 0.840 bits per heavy atom. The predicted octanol–water partition coefficient (Wildman–Crippen LogP) is 5.02. The molecule has 0 saturated carbocycles. The van der Waals surface area contributed by atoms with Crippen LogP contribution in [0.15, 0.2) is 53.3 Å². The average Bonchev–Trinajstić information content (AvgIpc) is 3.30. The Morgan fingerprint density at radius 3 is 2.26 bits per heavy atom. The van der Waals surface area contributed by atoms with Crippen molar-refractivity contribution in [2.24, 2.45) is 11.8 Å². The van der Waals surface area contributed by atoms with Crippen LogP contribution in [0.25, 0.3) is 10.9 Å². The number of pyridine rings is 1. The van der Waals surface area contributed by atoms with Crippen molar-refractivity contribution in [1.29, 1.82) is 0 Å². The number of amides is 4. The smallest absolute Gasteiger partial charge is 0.410 e. The molecule has 2 aromatic carbocycles. The maximum atomic E-state index is 14.2. The standard InChI is InChI=1S/C39H50N6O5/c1-26-23-27(24-31-7-8-35(46)41-36(26)31)25-34(37(47)43-18-11-29(12-19-43)28-9-16-42(2)17-10-28)50-39(49)44-20-14-32(15-21-44)45-22-13-30-5-3-4-6-33(30)40-38(45)48/h3-8,23-24,28-29,32,34H,9-22,25H2,1-2H3,(H,40,48)(H,41,46)/t34-/m1/s1. The fourth-order valence-corrected chi connectivity index (χ4v) is 8.62. The van der Waals surface area contributed by atoms with Gasteiger partial charge in [0.15, 0.2) is 6.10 Å². The second-order valence-corrected chi connectivity index (χ2v) is 14.8.